The number of fused-ring (bicyclic) bond motifs is 4. The number of aryl methyl sites for hydroxylation is 2. The highest BCUT2D eigenvalue weighted by atomic mass is 79.9. The Morgan fingerprint density at radius 3 is 1.19 bits per heavy atom. The fourth-order valence-corrected chi connectivity index (χ4v) is 7.20. The first kappa shape index (κ1) is 43.8. The largest absolute Gasteiger partial charge is 1.00 e. The number of hydrogen-bond donors (Lipinski definition) is 0. The predicted molar refractivity (Wildman–Crippen MR) is 199 cm³/mol. The van der Waals surface area contributed by atoms with E-state index in [0.29, 0.717) is 0 Å². The van der Waals surface area contributed by atoms with Crippen molar-refractivity contribution in [2.24, 2.45) is 0 Å². The van der Waals surface area contributed by atoms with Gasteiger partial charge in [-0.05, 0) is 63.0 Å². The van der Waals surface area contributed by atoms with E-state index < -0.39 is 0 Å². The summed E-state index contributed by atoms with van der Waals surface area (Å²) in [5, 5.41) is 5.18. The zero-order valence-electron chi connectivity index (χ0n) is 31.2. The van der Waals surface area contributed by atoms with Crippen LogP contribution >= 0.6 is 0 Å². The first-order valence-corrected chi connectivity index (χ1v) is 17.5. The average Bonchev–Trinajstić information content (AvgIpc) is 3.54. The molecule has 0 N–H and O–H groups in total. The van der Waals surface area contributed by atoms with Crippen LogP contribution in [-0.2, 0) is 26.2 Å². The summed E-state index contributed by atoms with van der Waals surface area (Å²) in [6.45, 7) is 6.01. The molecule has 2 heterocycles. The SMILES string of the molecule is C[N+](C)(C)CCCn1c[n+](Cc2cccc(C[n+]3cn(CCC[N+](C)(C)C)c4cc5ccccc5cc43)c2)c2cc3ccccc3cc21.[Br-].[Br-].[Br-].[Br-]. The van der Waals surface area contributed by atoms with Gasteiger partial charge in [-0.1, -0.05) is 66.7 Å². The van der Waals surface area contributed by atoms with Crippen molar-refractivity contribution in [1.29, 1.82) is 0 Å². The Labute approximate surface area is 351 Å². The molecule has 0 fully saturated rings. The van der Waals surface area contributed by atoms with Crippen LogP contribution in [0.15, 0.2) is 110 Å². The van der Waals surface area contributed by atoms with Crippen LogP contribution in [0.2, 0.25) is 0 Å². The number of aromatic nitrogens is 4. The lowest BCUT2D eigenvalue weighted by atomic mass is 10.1. The zero-order valence-corrected chi connectivity index (χ0v) is 37.6. The highest BCUT2D eigenvalue weighted by Crippen LogP contribution is 2.24. The van der Waals surface area contributed by atoms with Crippen molar-refractivity contribution in [2.75, 3.05) is 55.4 Å². The van der Waals surface area contributed by atoms with Crippen LogP contribution in [0, 0.1) is 0 Å². The molecule has 6 nitrogen and oxygen atoms in total. The molecule has 0 unspecified atom stereocenters. The highest BCUT2D eigenvalue weighted by Gasteiger charge is 2.21. The topological polar surface area (TPSA) is 17.6 Å². The summed E-state index contributed by atoms with van der Waals surface area (Å²) in [5.74, 6) is 0. The van der Waals surface area contributed by atoms with Crippen molar-refractivity contribution in [2.45, 2.75) is 39.0 Å². The number of imidazole rings is 2. The second-order valence-electron chi connectivity index (χ2n) is 15.8. The van der Waals surface area contributed by atoms with E-state index >= 15 is 0 Å². The van der Waals surface area contributed by atoms with Crippen molar-refractivity contribution in [3.8, 4) is 0 Å². The van der Waals surface area contributed by atoms with Gasteiger partial charge in [-0.15, -0.1) is 0 Å². The van der Waals surface area contributed by atoms with Crippen molar-refractivity contribution < 1.29 is 86.0 Å². The fraction of sp³-hybridized carbons (Fsp3) is 0.333. The Hall–Kier alpha value is -2.60. The summed E-state index contributed by atoms with van der Waals surface area (Å²) in [6.07, 6.45) is 6.97. The van der Waals surface area contributed by atoms with Gasteiger partial charge in [0.05, 0.1) is 68.5 Å². The maximum atomic E-state index is 2.47. The second-order valence-corrected chi connectivity index (χ2v) is 15.8. The lowest BCUT2D eigenvalue weighted by molar-refractivity contribution is -0.870. The minimum Gasteiger partial charge on any atom is -1.00 e. The Morgan fingerprint density at radius 2 is 0.827 bits per heavy atom. The van der Waals surface area contributed by atoms with Gasteiger partial charge in [-0.2, -0.15) is 0 Å². The molecule has 0 saturated carbocycles. The first-order chi connectivity index (χ1) is 23.0. The maximum absolute atomic E-state index is 2.47. The molecular formula is C42H52Br4N6. The lowest BCUT2D eigenvalue weighted by Gasteiger charge is -2.23. The highest BCUT2D eigenvalue weighted by molar-refractivity contribution is 5.95. The molecular weight excluding hydrogens is 908 g/mol. The summed E-state index contributed by atoms with van der Waals surface area (Å²) >= 11 is 0. The number of halogens is 4. The molecule has 0 aliphatic rings. The van der Waals surface area contributed by atoms with E-state index in [9.17, 15) is 0 Å². The molecule has 10 heteroatoms. The molecule has 0 spiro atoms. The molecule has 0 atom stereocenters. The van der Waals surface area contributed by atoms with Crippen LogP contribution in [0.5, 0.6) is 0 Å². The summed E-state index contributed by atoms with van der Waals surface area (Å²) in [4.78, 5) is 0. The smallest absolute Gasteiger partial charge is 0.245 e. The molecule has 5 aromatic carbocycles. The van der Waals surface area contributed by atoms with E-state index in [1.165, 1.54) is 54.7 Å². The molecule has 7 rings (SSSR count). The van der Waals surface area contributed by atoms with E-state index in [0.717, 1.165) is 61.1 Å². The van der Waals surface area contributed by atoms with Gasteiger partial charge in [0.2, 0.25) is 12.7 Å². The molecule has 0 bridgehead atoms. The van der Waals surface area contributed by atoms with Crippen molar-refractivity contribution in [1.82, 2.24) is 9.13 Å². The minimum atomic E-state index is 0. The van der Waals surface area contributed by atoms with Gasteiger partial charge in [-0.3, -0.25) is 0 Å². The monoisotopic (exact) mass is 956 g/mol. The normalized spacial score (nSPS) is 11.7. The van der Waals surface area contributed by atoms with E-state index in [2.05, 4.69) is 170 Å². The molecule has 0 radical (unpaired) electrons. The maximum Gasteiger partial charge on any atom is 0.245 e. The minimum absolute atomic E-state index is 0. The zero-order chi connectivity index (χ0) is 33.5. The van der Waals surface area contributed by atoms with Crippen LogP contribution in [0.1, 0.15) is 24.0 Å². The molecule has 0 saturated heterocycles. The van der Waals surface area contributed by atoms with Crippen LogP contribution in [-0.4, -0.2) is 73.5 Å². The standard InChI is InChI=1S/C42H52N6.4BrH/c1-47(2,3)22-12-20-43-31-45(41-27-37-18-9-7-16-35(37)25-39(41)43)29-33-14-11-15-34(24-33)30-46-32-44(21-13-23-48(4,5)6)40-26-36-17-8-10-19-38(36)28-42(40)46;;;;/h7-11,14-19,24-28,31-32H,12-13,20-23,29-30H2,1-6H3;4*1H/q+4;;;;/p-4. The van der Waals surface area contributed by atoms with Crippen molar-refractivity contribution in [3.05, 3.63) is 121 Å². The van der Waals surface area contributed by atoms with Crippen LogP contribution in [0.25, 0.3) is 43.6 Å². The van der Waals surface area contributed by atoms with E-state index in [1.54, 1.807) is 0 Å². The number of benzene rings is 5. The number of quaternary nitrogens is 2. The van der Waals surface area contributed by atoms with Gasteiger partial charge in [0.15, 0.2) is 22.1 Å². The van der Waals surface area contributed by atoms with Gasteiger partial charge in [0.25, 0.3) is 0 Å². The van der Waals surface area contributed by atoms with Gasteiger partial charge in [0.1, 0.15) is 13.1 Å². The van der Waals surface area contributed by atoms with Gasteiger partial charge in [-0.25, -0.2) is 18.3 Å². The average molecular weight is 961 g/mol. The Bertz CT molecular complexity index is 2090. The summed E-state index contributed by atoms with van der Waals surface area (Å²) in [6, 6.07) is 36.2. The van der Waals surface area contributed by atoms with Crippen LogP contribution in [0.4, 0.5) is 0 Å². The predicted octanol–water partition coefficient (Wildman–Crippen LogP) is -5.22. The molecule has 0 aliphatic heterocycles. The summed E-state index contributed by atoms with van der Waals surface area (Å²) in [7, 11) is 13.7. The molecule has 0 aliphatic carbocycles. The van der Waals surface area contributed by atoms with Gasteiger partial charge < -0.3 is 76.9 Å². The van der Waals surface area contributed by atoms with Crippen molar-refractivity contribution >= 4 is 43.6 Å². The molecule has 52 heavy (non-hydrogen) atoms. The number of nitrogens with zero attached hydrogens (tertiary/aromatic N) is 6. The molecule has 7 aromatic rings. The Balaban J connectivity index is 0.00000182. The van der Waals surface area contributed by atoms with Crippen LogP contribution in [0.3, 0.4) is 0 Å². The third-order valence-electron chi connectivity index (χ3n) is 9.63. The molecule has 0 amide bonds. The summed E-state index contributed by atoms with van der Waals surface area (Å²) < 4.78 is 11.8. The Kier molecular flexibility index (Phi) is 15.3. The quantitative estimate of drug-likeness (QED) is 0.0863. The van der Waals surface area contributed by atoms with Crippen molar-refractivity contribution in [3.63, 3.8) is 0 Å². The fourth-order valence-electron chi connectivity index (χ4n) is 7.20. The van der Waals surface area contributed by atoms with Gasteiger partial charge in [0, 0.05) is 12.8 Å². The lowest BCUT2D eigenvalue weighted by Crippen LogP contribution is -3.00. The van der Waals surface area contributed by atoms with Crippen LogP contribution < -0.4 is 77.1 Å². The van der Waals surface area contributed by atoms with E-state index in [4.69, 9.17) is 0 Å². The second kappa shape index (κ2) is 18.2. The molecule has 2 aromatic heterocycles. The number of hydrogen-bond acceptors (Lipinski definition) is 0. The summed E-state index contributed by atoms with van der Waals surface area (Å²) in [5.41, 5.74) is 7.87. The molecule has 278 valence electrons. The first-order valence-electron chi connectivity index (χ1n) is 17.5. The van der Waals surface area contributed by atoms with E-state index in [-0.39, 0.29) is 67.9 Å². The van der Waals surface area contributed by atoms with Gasteiger partial charge >= 0.3 is 0 Å². The third-order valence-corrected chi connectivity index (χ3v) is 9.63. The Morgan fingerprint density at radius 1 is 0.462 bits per heavy atom. The third kappa shape index (κ3) is 10.3. The number of rotatable bonds is 12. The van der Waals surface area contributed by atoms with E-state index in [1.807, 2.05) is 0 Å².